The van der Waals surface area contributed by atoms with Crippen molar-refractivity contribution in [2.45, 2.75) is 17.4 Å². The van der Waals surface area contributed by atoms with Gasteiger partial charge in [-0.25, -0.2) is 8.42 Å². The van der Waals surface area contributed by atoms with Crippen molar-refractivity contribution in [2.75, 3.05) is 20.2 Å². The molecule has 1 aliphatic rings. The van der Waals surface area contributed by atoms with E-state index < -0.39 is 10.0 Å². The number of nitrogens with zero attached hydrogens (tertiary/aromatic N) is 4. The molecule has 0 aliphatic carbocycles. The third-order valence-electron chi connectivity index (χ3n) is 3.24. The van der Waals surface area contributed by atoms with E-state index in [2.05, 4.69) is 19.6 Å². The molecule has 1 aliphatic heterocycles. The van der Waals surface area contributed by atoms with Gasteiger partial charge in [-0.1, -0.05) is 5.16 Å². The van der Waals surface area contributed by atoms with Crippen LogP contribution in [0.15, 0.2) is 34.3 Å². The maximum absolute atomic E-state index is 12.3. The molecule has 0 spiro atoms. The Kier molecular flexibility index (Phi) is 3.94. The number of sulfonamides is 1. The fraction of sp³-hybridized carbons (Fsp3) is 0.417. The van der Waals surface area contributed by atoms with Gasteiger partial charge in [0.2, 0.25) is 21.8 Å². The summed E-state index contributed by atoms with van der Waals surface area (Å²) >= 11 is 0. The van der Waals surface area contributed by atoms with Crippen LogP contribution in [0.3, 0.4) is 0 Å². The molecule has 3 heterocycles. The Hall–Kier alpha value is -2.20. The summed E-state index contributed by atoms with van der Waals surface area (Å²) in [6, 6.07) is 0. The first kappa shape index (κ1) is 14.7. The zero-order valence-electron chi connectivity index (χ0n) is 11.7. The summed E-state index contributed by atoms with van der Waals surface area (Å²) in [5, 5.41) is 3.42. The van der Waals surface area contributed by atoms with Gasteiger partial charge >= 0.3 is 0 Å². The first-order valence-corrected chi connectivity index (χ1v) is 7.96. The van der Waals surface area contributed by atoms with Gasteiger partial charge in [0.25, 0.3) is 0 Å². The van der Waals surface area contributed by atoms with Crippen LogP contribution in [0.2, 0.25) is 0 Å². The zero-order chi connectivity index (χ0) is 15.6. The summed E-state index contributed by atoms with van der Waals surface area (Å²) in [5.41, 5.74) is 0. The van der Waals surface area contributed by atoms with Crippen molar-refractivity contribution in [3.8, 4) is 11.8 Å². The van der Waals surface area contributed by atoms with Crippen LogP contribution in [0.1, 0.15) is 6.42 Å². The van der Waals surface area contributed by atoms with E-state index in [9.17, 15) is 8.42 Å². The maximum Gasteiger partial charge on any atom is 0.248 e. The van der Waals surface area contributed by atoms with E-state index >= 15 is 0 Å². The maximum atomic E-state index is 12.3. The van der Waals surface area contributed by atoms with Gasteiger partial charge in [-0.15, -0.1) is 0 Å². The minimum atomic E-state index is -3.60. The first-order valence-electron chi connectivity index (χ1n) is 6.52. The van der Waals surface area contributed by atoms with Gasteiger partial charge in [0.1, 0.15) is 17.3 Å². The Labute approximate surface area is 126 Å². The number of aromatic nitrogens is 3. The highest BCUT2D eigenvalue weighted by Crippen LogP contribution is 2.23. The second kappa shape index (κ2) is 5.89. The molecule has 0 N–H and O–H groups in total. The molecule has 0 aromatic carbocycles. The second-order valence-electron chi connectivity index (χ2n) is 4.65. The Morgan fingerprint density at radius 3 is 2.86 bits per heavy atom. The average molecular weight is 326 g/mol. The SMILES string of the molecule is COc1cncc(OC2CCN(S(=O)(=O)c3cnoc3)C2)n1. The lowest BCUT2D eigenvalue weighted by atomic mass is 10.3. The Morgan fingerprint density at radius 2 is 2.14 bits per heavy atom. The topological polar surface area (TPSA) is 108 Å². The number of hydrogen-bond donors (Lipinski definition) is 0. The molecule has 9 nitrogen and oxygen atoms in total. The van der Waals surface area contributed by atoms with Crippen LogP contribution in [-0.4, -0.2) is 54.2 Å². The minimum Gasteiger partial charge on any atom is -0.480 e. The lowest BCUT2D eigenvalue weighted by Crippen LogP contribution is -2.30. The smallest absolute Gasteiger partial charge is 0.248 e. The summed E-state index contributed by atoms with van der Waals surface area (Å²) in [5.74, 6) is 0.637. The average Bonchev–Trinajstić information content (AvgIpc) is 3.19. The highest BCUT2D eigenvalue weighted by molar-refractivity contribution is 7.89. The predicted molar refractivity (Wildman–Crippen MR) is 72.9 cm³/mol. The third kappa shape index (κ3) is 2.88. The summed E-state index contributed by atoms with van der Waals surface area (Å²) in [4.78, 5) is 8.07. The van der Waals surface area contributed by atoms with E-state index in [-0.39, 0.29) is 17.5 Å². The van der Waals surface area contributed by atoms with E-state index in [0.717, 1.165) is 6.26 Å². The Bertz CT molecular complexity index is 734. The summed E-state index contributed by atoms with van der Waals surface area (Å²) in [6.07, 6.45) is 5.47. The Morgan fingerprint density at radius 1 is 1.32 bits per heavy atom. The highest BCUT2D eigenvalue weighted by Gasteiger charge is 2.34. The molecule has 0 radical (unpaired) electrons. The number of hydrogen-bond acceptors (Lipinski definition) is 8. The number of ether oxygens (including phenoxy) is 2. The summed E-state index contributed by atoms with van der Waals surface area (Å²) in [7, 11) is -2.11. The molecule has 22 heavy (non-hydrogen) atoms. The van der Waals surface area contributed by atoms with Crippen LogP contribution in [-0.2, 0) is 10.0 Å². The van der Waals surface area contributed by atoms with Gasteiger partial charge < -0.3 is 14.0 Å². The standard InChI is InChI=1S/C12H14N4O5S/c1-19-11-5-13-6-12(15-11)21-9-2-3-16(7-9)22(17,18)10-4-14-20-8-10/h4-6,8-9H,2-3,7H2,1H3. The largest absolute Gasteiger partial charge is 0.480 e. The summed E-state index contributed by atoms with van der Waals surface area (Å²) in [6.45, 7) is 0.585. The van der Waals surface area contributed by atoms with Gasteiger partial charge in [0, 0.05) is 6.54 Å². The van der Waals surface area contributed by atoms with Crippen LogP contribution in [0.5, 0.6) is 11.8 Å². The molecule has 1 unspecified atom stereocenters. The minimum absolute atomic E-state index is 0.0364. The number of rotatable bonds is 5. The Balaban J connectivity index is 1.67. The molecule has 3 rings (SSSR count). The summed E-state index contributed by atoms with van der Waals surface area (Å²) < 4.78 is 41.2. The zero-order valence-corrected chi connectivity index (χ0v) is 12.6. The van der Waals surface area contributed by atoms with Crippen molar-refractivity contribution in [3.63, 3.8) is 0 Å². The molecule has 0 amide bonds. The van der Waals surface area contributed by atoms with E-state index in [4.69, 9.17) is 9.47 Å². The fourth-order valence-corrected chi connectivity index (χ4v) is 3.49. The van der Waals surface area contributed by atoms with E-state index in [1.54, 1.807) is 0 Å². The van der Waals surface area contributed by atoms with Gasteiger partial charge in [0.05, 0.1) is 32.2 Å². The van der Waals surface area contributed by atoms with Gasteiger partial charge in [-0.3, -0.25) is 4.98 Å². The van der Waals surface area contributed by atoms with Crippen molar-refractivity contribution in [2.24, 2.45) is 0 Å². The van der Waals surface area contributed by atoms with Crippen LogP contribution in [0.4, 0.5) is 0 Å². The van der Waals surface area contributed by atoms with Crippen molar-refractivity contribution >= 4 is 10.0 Å². The third-order valence-corrected chi connectivity index (χ3v) is 5.05. The molecule has 118 valence electrons. The van der Waals surface area contributed by atoms with E-state index in [1.807, 2.05) is 0 Å². The molecule has 1 fully saturated rings. The fourth-order valence-electron chi connectivity index (χ4n) is 2.14. The molecule has 1 saturated heterocycles. The highest BCUT2D eigenvalue weighted by atomic mass is 32.2. The van der Waals surface area contributed by atoms with Gasteiger partial charge in [0.15, 0.2) is 0 Å². The quantitative estimate of drug-likeness (QED) is 0.773. The van der Waals surface area contributed by atoms with Crippen molar-refractivity contribution in [1.29, 1.82) is 0 Å². The predicted octanol–water partition coefficient (Wildman–Crippen LogP) is 0.315. The van der Waals surface area contributed by atoms with Crippen LogP contribution in [0.25, 0.3) is 0 Å². The van der Waals surface area contributed by atoms with E-state index in [0.29, 0.717) is 24.7 Å². The van der Waals surface area contributed by atoms with E-state index in [1.165, 1.54) is 30.0 Å². The van der Waals surface area contributed by atoms with Crippen LogP contribution >= 0.6 is 0 Å². The molecular formula is C12H14N4O5S. The van der Waals surface area contributed by atoms with Crippen molar-refractivity contribution in [1.82, 2.24) is 19.4 Å². The monoisotopic (exact) mass is 326 g/mol. The molecule has 10 heteroatoms. The molecule has 0 saturated carbocycles. The molecule has 1 atom stereocenters. The molecular weight excluding hydrogens is 312 g/mol. The van der Waals surface area contributed by atoms with Gasteiger partial charge in [-0.05, 0) is 6.42 Å². The van der Waals surface area contributed by atoms with Crippen molar-refractivity contribution in [3.05, 3.63) is 24.9 Å². The molecule has 2 aromatic rings. The number of methoxy groups -OCH3 is 1. The van der Waals surface area contributed by atoms with Crippen molar-refractivity contribution < 1.29 is 22.4 Å². The van der Waals surface area contributed by atoms with Crippen LogP contribution < -0.4 is 9.47 Å². The second-order valence-corrected chi connectivity index (χ2v) is 6.59. The molecule has 2 aromatic heterocycles. The lowest BCUT2D eigenvalue weighted by Gasteiger charge is -2.15. The van der Waals surface area contributed by atoms with Gasteiger partial charge in [-0.2, -0.15) is 9.29 Å². The lowest BCUT2D eigenvalue weighted by molar-refractivity contribution is 0.203. The normalized spacial score (nSPS) is 19.2. The molecule has 0 bridgehead atoms. The first-order chi connectivity index (χ1) is 10.6. The van der Waals surface area contributed by atoms with Crippen LogP contribution in [0, 0.1) is 0 Å².